The third kappa shape index (κ3) is 5.17. The zero-order valence-electron chi connectivity index (χ0n) is 18.1. The van der Waals surface area contributed by atoms with Crippen molar-refractivity contribution in [2.45, 2.75) is 19.0 Å². The van der Waals surface area contributed by atoms with E-state index in [0.29, 0.717) is 15.9 Å². The first-order valence-electron chi connectivity index (χ1n) is 10.4. The van der Waals surface area contributed by atoms with Crippen LogP contribution in [-0.4, -0.2) is 37.0 Å². The molecule has 0 radical (unpaired) electrons. The van der Waals surface area contributed by atoms with Gasteiger partial charge in [0.25, 0.3) is 0 Å². The minimum absolute atomic E-state index is 0.0349. The summed E-state index contributed by atoms with van der Waals surface area (Å²) in [5.74, 6) is -2.89. The normalized spacial score (nSPS) is 13.6. The van der Waals surface area contributed by atoms with E-state index in [-0.39, 0.29) is 19.0 Å². The van der Waals surface area contributed by atoms with Crippen molar-refractivity contribution in [1.82, 2.24) is 0 Å². The van der Waals surface area contributed by atoms with Crippen LogP contribution in [0.5, 0.6) is 0 Å². The summed E-state index contributed by atoms with van der Waals surface area (Å²) < 4.78 is 78.5. The number of alkyl halides is 3. The van der Waals surface area contributed by atoms with E-state index in [1.165, 1.54) is 0 Å². The van der Waals surface area contributed by atoms with Crippen LogP contribution >= 0.6 is 6.83 Å². The summed E-state index contributed by atoms with van der Waals surface area (Å²) in [7, 11) is -4.28. The fraction of sp³-hybridized carbons (Fsp3) is 0.208. The van der Waals surface area contributed by atoms with Gasteiger partial charge in [0.15, 0.2) is 0 Å². The summed E-state index contributed by atoms with van der Waals surface area (Å²) in [5, 5.41) is 1.20. The number of carbonyl (C=O) groups excluding carboxylic acids is 1. The predicted octanol–water partition coefficient (Wildman–Crippen LogP) is 4.20. The molecule has 0 saturated heterocycles. The molecule has 34 heavy (non-hydrogen) atoms. The molecule has 0 saturated carbocycles. The minimum atomic E-state index is -5.25. The molecule has 3 rings (SSSR count). The Kier molecular flexibility index (Phi) is 7.50. The van der Waals surface area contributed by atoms with Crippen molar-refractivity contribution in [2.75, 3.05) is 11.9 Å². The zero-order valence-corrected chi connectivity index (χ0v) is 19.8. The van der Waals surface area contributed by atoms with Crippen LogP contribution in [0.4, 0.5) is 13.2 Å². The molecule has 0 atom stereocenters. The van der Waals surface area contributed by atoms with Gasteiger partial charge in [0, 0.05) is 0 Å². The third-order valence-corrected chi connectivity index (χ3v) is 12.4. The van der Waals surface area contributed by atoms with E-state index in [4.69, 9.17) is 9.08 Å². The van der Waals surface area contributed by atoms with Crippen molar-refractivity contribution >= 4 is 38.8 Å². The summed E-state index contributed by atoms with van der Waals surface area (Å²) >= 11 is 0. The van der Waals surface area contributed by atoms with E-state index in [1.54, 1.807) is 91.0 Å². The number of hydrogen-bond donors (Lipinski definition) is 1. The Morgan fingerprint density at radius 2 is 1.15 bits per heavy atom. The van der Waals surface area contributed by atoms with Gasteiger partial charge in [-0.2, -0.15) is 0 Å². The van der Waals surface area contributed by atoms with Crippen LogP contribution in [-0.2, 0) is 19.4 Å². The second-order valence-electron chi connectivity index (χ2n) is 7.81. The second kappa shape index (κ2) is 9.86. The molecular weight excluding hydrogens is 488 g/mol. The van der Waals surface area contributed by atoms with Gasteiger partial charge in [0.1, 0.15) is 0 Å². The van der Waals surface area contributed by atoms with Crippen LogP contribution in [0.25, 0.3) is 0 Å². The number of benzene rings is 3. The monoisotopic (exact) mass is 512 g/mol. The molecule has 0 bridgehead atoms. The molecule has 0 spiro atoms. The summed E-state index contributed by atoms with van der Waals surface area (Å²) in [5.41, 5.74) is 0. The first-order chi connectivity index (χ1) is 16.0. The average Bonchev–Trinajstić information content (AvgIpc) is 2.81. The molecule has 3 aromatic rings. The molecule has 3 aromatic carbocycles. The summed E-state index contributed by atoms with van der Waals surface area (Å²) in [6, 6.07) is 24.8. The Morgan fingerprint density at radius 1 is 0.765 bits per heavy atom. The first kappa shape index (κ1) is 25.9. The number of carbonyl (C=O) groups is 1. The maximum absolute atomic E-state index is 13.7. The van der Waals surface area contributed by atoms with E-state index < -0.39 is 34.8 Å². The van der Waals surface area contributed by atoms with Crippen molar-refractivity contribution in [2.24, 2.45) is 0 Å². The quantitative estimate of drug-likeness (QED) is 0.264. The molecule has 0 heterocycles. The Labute approximate surface area is 196 Å². The van der Waals surface area contributed by atoms with Crippen molar-refractivity contribution in [1.29, 1.82) is 0 Å². The van der Waals surface area contributed by atoms with Gasteiger partial charge in [-0.15, -0.1) is 0 Å². The first-order valence-corrected chi connectivity index (χ1v) is 14.4. The van der Waals surface area contributed by atoms with Crippen molar-refractivity contribution < 1.29 is 35.5 Å². The van der Waals surface area contributed by atoms with E-state index >= 15 is 0 Å². The Balaban J connectivity index is 2.38. The van der Waals surface area contributed by atoms with Gasteiger partial charge in [-0.05, 0) is 0 Å². The summed E-state index contributed by atoms with van der Waals surface area (Å²) in [6.07, 6.45) is -5.30. The molecule has 5 nitrogen and oxygen atoms in total. The van der Waals surface area contributed by atoms with E-state index in [9.17, 15) is 26.4 Å². The van der Waals surface area contributed by atoms with Crippen molar-refractivity contribution in [3.8, 4) is 0 Å². The van der Waals surface area contributed by atoms with Gasteiger partial charge < -0.3 is 0 Å². The van der Waals surface area contributed by atoms with Crippen LogP contribution in [0.2, 0.25) is 0 Å². The van der Waals surface area contributed by atoms with Gasteiger partial charge in [0.2, 0.25) is 0 Å². The molecule has 1 N–H and O–H groups in total. The van der Waals surface area contributed by atoms with Gasteiger partial charge in [-0.25, -0.2) is 0 Å². The van der Waals surface area contributed by atoms with Crippen LogP contribution in [0, 0.1) is 0 Å². The van der Waals surface area contributed by atoms with Crippen LogP contribution in [0.15, 0.2) is 91.0 Å². The molecule has 0 amide bonds. The fourth-order valence-electron chi connectivity index (χ4n) is 4.20. The molecule has 0 aliphatic carbocycles. The van der Waals surface area contributed by atoms with Gasteiger partial charge in [-0.3, -0.25) is 0 Å². The third-order valence-electron chi connectivity index (χ3n) is 5.66. The van der Waals surface area contributed by atoms with Crippen molar-refractivity contribution in [3.05, 3.63) is 91.0 Å². The predicted molar refractivity (Wildman–Crippen MR) is 128 cm³/mol. The second-order valence-corrected chi connectivity index (χ2v) is 14.0. The molecule has 0 unspecified atom stereocenters. The molecule has 182 valence electrons. The zero-order chi connectivity index (χ0) is 24.9. The molecule has 10 heteroatoms. The summed E-state index contributed by atoms with van der Waals surface area (Å²) in [4.78, 5) is 12.5. The van der Waals surface area contributed by atoms with E-state index in [1.807, 2.05) is 0 Å². The number of halogens is 3. The van der Waals surface area contributed by atoms with Crippen LogP contribution in [0.3, 0.4) is 0 Å². The molecule has 0 aliphatic heterocycles. The number of hydrogen-bond acceptors (Lipinski definition) is 4. The Hall–Kier alpha value is -2.74. The molecule has 0 fully saturated rings. The van der Waals surface area contributed by atoms with E-state index in [0.717, 1.165) is 0 Å². The Morgan fingerprint density at radius 3 is 1.47 bits per heavy atom. The van der Waals surface area contributed by atoms with Gasteiger partial charge in [0.05, 0.1) is 0 Å². The number of rotatable bonds is 9. The summed E-state index contributed by atoms with van der Waals surface area (Å²) in [6.45, 7) is -4.62. The number of unbranched alkanes of at least 4 members (excludes halogenated alkanes) is 1. The average molecular weight is 512 g/mol. The van der Waals surface area contributed by atoms with Gasteiger partial charge >= 0.3 is 196 Å². The SMILES string of the molecule is O=C(OP(CCCCS(=O)(=O)O)(c1ccccc1)(c1ccccc1)c1ccccc1)C(F)(F)F. The molecule has 0 aliphatic rings. The molecule has 0 aromatic heterocycles. The fourth-order valence-corrected chi connectivity index (χ4v) is 10.6. The Bertz CT molecular complexity index is 1120. The maximum atomic E-state index is 13.7. The van der Waals surface area contributed by atoms with Crippen LogP contribution in [0.1, 0.15) is 12.8 Å². The standard InChI is InChI=1S/C24H24F3O5PS/c25-24(26,27)23(28)32-33(20-12-4-1-5-13-20,21-14-6-2-7-15-21,22-16-8-3-9-17-22)18-10-11-19-34(29,30)31/h1-9,12-17H,10-11,18-19H2,(H,29,30,31). The van der Waals surface area contributed by atoms with E-state index in [2.05, 4.69) is 0 Å². The van der Waals surface area contributed by atoms with Crippen molar-refractivity contribution in [3.63, 3.8) is 0 Å². The van der Waals surface area contributed by atoms with Gasteiger partial charge in [-0.1, -0.05) is 0 Å². The van der Waals surface area contributed by atoms with Crippen LogP contribution < -0.4 is 15.9 Å². The topological polar surface area (TPSA) is 80.7 Å². The molecular formula is C24H24F3O5PS.